The quantitative estimate of drug-likeness (QED) is 0.513. The molecule has 2 aromatic heterocycles. The molecular formula is C11H16N6O3. The van der Waals surface area contributed by atoms with Crippen LogP contribution in [0.2, 0.25) is 0 Å². The number of rotatable bonds is 2. The highest BCUT2D eigenvalue weighted by Crippen LogP contribution is 2.30. The monoisotopic (exact) mass is 280 g/mol. The fourth-order valence-electron chi connectivity index (χ4n) is 2.37. The summed E-state index contributed by atoms with van der Waals surface area (Å²) in [5, 5.41) is 20.0. The van der Waals surface area contributed by atoms with Gasteiger partial charge in [-0.3, -0.25) is 4.57 Å². The maximum absolute atomic E-state index is 10.1. The van der Waals surface area contributed by atoms with Gasteiger partial charge in [-0.15, -0.1) is 0 Å². The Kier molecular flexibility index (Phi) is 3.26. The van der Waals surface area contributed by atoms with E-state index in [0.29, 0.717) is 11.2 Å². The first-order chi connectivity index (χ1) is 9.61. The van der Waals surface area contributed by atoms with Gasteiger partial charge in [0.2, 0.25) is 0 Å². The third-order valence-corrected chi connectivity index (χ3v) is 3.45. The lowest BCUT2D eigenvalue weighted by molar-refractivity contribution is -0.194. The highest BCUT2D eigenvalue weighted by atomic mass is 16.5. The number of aliphatic hydroxyl groups is 2. The van der Waals surface area contributed by atoms with Gasteiger partial charge in [-0.1, -0.05) is 0 Å². The number of hydrogen-bond donors (Lipinski definition) is 4. The molecular weight excluding hydrogens is 264 g/mol. The minimum atomic E-state index is -1.09. The van der Waals surface area contributed by atoms with E-state index in [1.165, 1.54) is 17.2 Å². The molecule has 108 valence electrons. The van der Waals surface area contributed by atoms with Gasteiger partial charge in [0.05, 0.1) is 18.5 Å². The molecule has 2 aromatic rings. The van der Waals surface area contributed by atoms with Gasteiger partial charge in [0.15, 0.2) is 17.7 Å². The molecule has 0 amide bonds. The topological polar surface area (TPSA) is 145 Å². The lowest BCUT2D eigenvalue weighted by Gasteiger charge is -2.37. The number of ether oxygens (including phenoxy) is 1. The molecule has 3 rings (SSSR count). The summed E-state index contributed by atoms with van der Waals surface area (Å²) in [6.45, 7) is 0.254. The minimum Gasteiger partial charge on any atom is -0.390 e. The number of aromatic nitrogens is 4. The van der Waals surface area contributed by atoms with Gasteiger partial charge in [0.1, 0.15) is 17.9 Å². The second-order valence-electron chi connectivity index (χ2n) is 4.76. The molecule has 1 fully saturated rings. The standard InChI is InChI=1S/C11H16N6O3/c12-2-5-1-6(18)8(19)11(20-5)17-4-16-7-9(13)14-3-15-10(7)17/h3-6,8,11,18-19H,1-2,12H2,(H2,13,14,15)/t5-,6?,8?,11?/m1/s1. The van der Waals surface area contributed by atoms with Crippen LogP contribution in [-0.4, -0.2) is 54.6 Å². The van der Waals surface area contributed by atoms with Crippen molar-refractivity contribution in [1.82, 2.24) is 19.5 Å². The zero-order chi connectivity index (χ0) is 14.3. The Labute approximate surface area is 114 Å². The summed E-state index contributed by atoms with van der Waals surface area (Å²) in [7, 11) is 0. The molecule has 0 aromatic carbocycles. The van der Waals surface area contributed by atoms with E-state index < -0.39 is 18.4 Å². The fraction of sp³-hybridized carbons (Fsp3) is 0.545. The van der Waals surface area contributed by atoms with Crippen LogP contribution in [-0.2, 0) is 4.74 Å². The SMILES string of the molecule is NC[C@H]1CC(O)C(O)C(n2cnc3c(N)ncnc32)O1. The summed E-state index contributed by atoms with van der Waals surface area (Å²) in [4.78, 5) is 12.1. The highest BCUT2D eigenvalue weighted by molar-refractivity contribution is 5.81. The van der Waals surface area contributed by atoms with Crippen molar-refractivity contribution in [3.05, 3.63) is 12.7 Å². The second-order valence-corrected chi connectivity index (χ2v) is 4.76. The Morgan fingerprint density at radius 3 is 2.90 bits per heavy atom. The van der Waals surface area contributed by atoms with Gasteiger partial charge in [-0.2, -0.15) is 0 Å². The number of nitrogens with zero attached hydrogens (tertiary/aromatic N) is 4. The molecule has 20 heavy (non-hydrogen) atoms. The molecule has 1 saturated heterocycles. The number of hydrogen-bond acceptors (Lipinski definition) is 8. The summed E-state index contributed by atoms with van der Waals surface area (Å²) >= 11 is 0. The lowest BCUT2D eigenvalue weighted by atomic mass is 10.0. The van der Waals surface area contributed by atoms with Crippen molar-refractivity contribution in [3.8, 4) is 0 Å². The van der Waals surface area contributed by atoms with Crippen LogP contribution in [0.3, 0.4) is 0 Å². The maximum Gasteiger partial charge on any atom is 0.167 e. The van der Waals surface area contributed by atoms with Gasteiger partial charge < -0.3 is 26.4 Å². The smallest absolute Gasteiger partial charge is 0.167 e. The van der Waals surface area contributed by atoms with E-state index in [1.807, 2.05) is 0 Å². The molecule has 3 heterocycles. The molecule has 0 aliphatic carbocycles. The predicted octanol–water partition coefficient (Wildman–Crippen LogP) is -1.62. The highest BCUT2D eigenvalue weighted by Gasteiger charge is 2.38. The van der Waals surface area contributed by atoms with Crippen LogP contribution in [0.5, 0.6) is 0 Å². The van der Waals surface area contributed by atoms with Gasteiger partial charge in [-0.25, -0.2) is 15.0 Å². The summed E-state index contributed by atoms with van der Waals surface area (Å²) in [5.41, 5.74) is 12.2. The Hall–Kier alpha value is -1.81. The van der Waals surface area contributed by atoms with Gasteiger partial charge in [-0.05, 0) is 0 Å². The van der Waals surface area contributed by atoms with Crippen molar-refractivity contribution >= 4 is 17.0 Å². The number of nitrogen functional groups attached to an aromatic ring is 1. The normalized spacial score (nSPS) is 30.8. The van der Waals surface area contributed by atoms with Crippen molar-refractivity contribution < 1.29 is 14.9 Å². The third kappa shape index (κ3) is 2.00. The molecule has 0 radical (unpaired) electrons. The van der Waals surface area contributed by atoms with Crippen LogP contribution in [0.25, 0.3) is 11.2 Å². The zero-order valence-electron chi connectivity index (χ0n) is 10.6. The second kappa shape index (κ2) is 4.94. The molecule has 1 aliphatic rings. The maximum atomic E-state index is 10.1. The number of anilines is 1. The van der Waals surface area contributed by atoms with E-state index >= 15 is 0 Å². The Morgan fingerprint density at radius 1 is 1.35 bits per heavy atom. The molecule has 0 saturated carbocycles. The first-order valence-electron chi connectivity index (χ1n) is 6.26. The Morgan fingerprint density at radius 2 is 2.15 bits per heavy atom. The van der Waals surface area contributed by atoms with E-state index in [4.69, 9.17) is 16.2 Å². The molecule has 0 spiro atoms. The number of imidazole rings is 1. The predicted molar refractivity (Wildman–Crippen MR) is 69.3 cm³/mol. The third-order valence-electron chi connectivity index (χ3n) is 3.45. The van der Waals surface area contributed by atoms with Crippen LogP contribution in [0.4, 0.5) is 5.82 Å². The van der Waals surface area contributed by atoms with Crippen LogP contribution >= 0.6 is 0 Å². The minimum absolute atomic E-state index is 0.245. The van der Waals surface area contributed by atoms with Crippen LogP contribution in [0, 0.1) is 0 Å². The average molecular weight is 280 g/mol. The molecule has 3 unspecified atom stereocenters. The zero-order valence-corrected chi connectivity index (χ0v) is 10.6. The van der Waals surface area contributed by atoms with Crippen molar-refractivity contribution in [1.29, 1.82) is 0 Å². The van der Waals surface area contributed by atoms with E-state index in [1.54, 1.807) is 0 Å². The first-order valence-corrected chi connectivity index (χ1v) is 6.26. The lowest BCUT2D eigenvalue weighted by Crippen LogP contribution is -2.47. The van der Waals surface area contributed by atoms with Gasteiger partial charge >= 0.3 is 0 Å². The van der Waals surface area contributed by atoms with Crippen LogP contribution < -0.4 is 11.5 Å². The van der Waals surface area contributed by atoms with E-state index in [-0.39, 0.29) is 24.9 Å². The summed E-state index contributed by atoms with van der Waals surface area (Å²) in [5.74, 6) is 0.245. The van der Waals surface area contributed by atoms with Crippen molar-refractivity contribution in [2.75, 3.05) is 12.3 Å². The largest absolute Gasteiger partial charge is 0.390 e. The molecule has 4 atom stereocenters. The number of fused-ring (bicyclic) bond motifs is 1. The Balaban J connectivity index is 2.03. The molecule has 6 N–H and O–H groups in total. The molecule has 1 aliphatic heterocycles. The summed E-state index contributed by atoms with van der Waals surface area (Å²) in [6.07, 6.45) is -0.110. The number of nitrogens with two attached hydrogens (primary N) is 2. The average Bonchev–Trinajstić information content (AvgIpc) is 2.87. The van der Waals surface area contributed by atoms with E-state index in [2.05, 4.69) is 15.0 Å². The summed E-state index contributed by atoms with van der Waals surface area (Å²) in [6, 6.07) is 0. The Bertz CT molecular complexity index is 617. The van der Waals surface area contributed by atoms with Gasteiger partial charge in [0.25, 0.3) is 0 Å². The van der Waals surface area contributed by atoms with Crippen molar-refractivity contribution in [2.24, 2.45) is 5.73 Å². The van der Waals surface area contributed by atoms with Crippen molar-refractivity contribution in [2.45, 2.75) is 31.0 Å². The molecule has 0 bridgehead atoms. The van der Waals surface area contributed by atoms with E-state index in [0.717, 1.165) is 0 Å². The van der Waals surface area contributed by atoms with E-state index in [9.17, 15) is 10.2 Å². The molecule has 9 nitrogen and oxygen atoms in total. The van der Waals surface area contributed by atoms with Crippen LogP contribution in [0.1, 0.15) is 12.6 Å². The molecule has 9 heteroatoms. The first kappa shape index (κ1) is 13.2. The van der Waals surface area contributed by atoms with Crippen molar-refractivity contribution in [3.63, 3.8) is 0 Å². The van der Waals surface area contributed by atoms with Gasteiger partial charge in [0, 0.05) is 13.0 Å². The fourth-order valence-corrected chi connectivity index (χ4v) is 2.37. The summed E-state index contributed by atoms with van der Waals surface area (Å²) < 4.78 is 7.23. The van der Waals surface area contributed by atoms with Crippen LogP contribution in [0.15, 0.2) is 12.7 Å². The number of aliphatic hydroxyl groups excluding tert-OH is 2.